The van der Waals surface area contributed by atoms with E-state index >= 15 is 0 Å². The van der Waals surface area contributed by atoms with Crippen LogP contribution in [0.1, 0.15) is 31.0 Å². The minimum atomic E-state index is -0.399. The molecule has 0 atom stereocenters. The van der Waals surface area contributed by atoms with Gasteiger partial charge in [-0.25, -0.2) is 4.98 Å². The number of methoxy groups -OCH3 is 1. The minimum Gasteiger partial charge on any atom is -0.497 e. The fourth-order valence-corrected chi connectivity index (χ4v) is 3.69. The van der Waals surface area contributed by atoms with Crippen molar-refractivity contribution < 1.29 is 4.74 Å². The maximum absolute atomic E-state index is 13.5. The molecule has 0 spiro atoms. The van der Waals surface area contributed by atoms with Crippen LogP contribution in [0.4, 0.5) is 0 Å². The molecule has 0 bridgehead atoms. The fourth-order valence-electron chi connectivity index (χ4n) is 3.69. The van der Waals surface area contributed by atoms with E-state index in [0.29, 0.717) is 28.4 Å². The lowest BCUT2D eigenvalue weighted by atomic mass is 9.84. The molecule has 140 valence electrons. The average Bonchev–Trinajstić information content (AvgIpc) is 2.67. The smallest absolute Gasteiger partial charge is 0.271 e. The molecular weight excluding hydrogens is 356 g/mol. The zero-order valence-corrected chi connectivity index (χ0v) is 15.3. The van der Waals surface area contributed by atoms with Gasteiger partial charge in [0.25, 0.3) is 5.56 Å². The number of pyridine rings is 2. The number of benzene rings is 1. The summed E-state index contributed by atoms with van der Waals surface area (Å²) in [6, 6.07) is 10.7. The number of aromatic amines is 1. The van der Waals surface area contributed by atoms with Gasteiger partial charge in [0.15, 0.2) is 0 Å². The van der Waals surface area contributed by atoms with Crippen molar-refractivity contribution >= 4 is 22.1 Å². The Hall–Kier alpha value is -3.48. The van der Waals surface area contributed by atoms with Gasteiger partial charge in [0, 0.05) is 12.1 Å². The molecule has 3 aromatic heterocycles. The van der Waals surface area contributed by atoms with E-state index in [0.717, 1.165) is 19.3 Å². The summed E-state index contributed by atoms with van der Waals surface area (Å²) in [4.78, 5) is 38.5. The standard InChI is InChI=1S/C21H18N4O3/c1-28-14-9-7-13(8-10-14)25-20(12-4-2-5-12)24-19-16(21(25)27)18(26)17-15(23-19)6-3-11-22-17/h3,6-12H,2,4-5H2,1H3,(H,23,26). The summed E-state index contributed by atoms with van der Waals surface area (Å²) in [5.74, 6) is 1.59. The molecule has 0 radical (unpaired) electrons. The molecule has 0 unspecified atom stereocenters. The molecule has 0 aliphatic heterocycles. The highest BCUT2D eigenvalue weighted by Gasteiger charge is 2.27. The maximum Gasteiger partial charge on any atom is 0.271 e. The van der Waals surface area contributed by atoms with E-state index in [2.05, 4.69) is 9.97 Å². The van der Waals surface area contributed by atoms with E-state index in [1.54, 1.807) is 42.1 Å². The maximum atomic E-state index is 13.5. The molecule has 1 fully saturated rings. The van der Waals surface area contributed by atoms with Gasteiger partial charge < -0.3 is 9.72 Å². The molecule has 4 aromatic rings. The van der Waals surface area contributed by atoms with Crippen molar-refractivity contribution in [3.63, 3.8) is 0 Å². The molecule has 0 amide bonds. The number of hydrogen-bond donors (Lipinski definition) is 1. The predicted molar refractivity (Wildman–Crippen MR) is 106 cm³/mol. The van der Waals surface area contributed by atoms with E-state index in [1.807, 2.05) is 12.1 Å². The van der Waals surface area contributed by atoms with Crippen LogP contribution in [-0.4, -0.2) is 26.6 Å². The highest BCUT2D eigenvalue weighted by atomic mass is 16.5. The first-order valence-corrected chi connectivity index (χ1v) is 9.25. The van der Waals surface area contributed by atoms with Crippen LogP contribution in [0.25, 0.3) is 27.8 Å². The van der Waals surface area contributed by atoms with Crippen molar-refractivity contribution in [2.75, 3.05) is 7.11 Å². The second-order valence-electron chi connectivity index (χ2n) is 7.01. The third kappa shape index (κ3) is 2.43. The zero-order valence-electron chi connectivity index (χ0n) is 15.3. The van der Waals surface area contributed by atoms with Crippen molar-refractivity contribution in [2.24, 2.45) is 0 Å². The van der Waals surface area contributed by atoms with Crippen molar-refractivity contribution in [1.29, 1.82) is 0 Å². The lowest BCUT2D eigenvalue weighted by Gasteiger charge is -2.27. The summed E-state index contributed by atoms with van der Waals surface area (Å²) in [5.41, 5.74) is 1.04. The van der Waals surface area contributed by atoms with Crippen molar-refractivity contribution in [1.82, 2.24) is 19.5 Å². The Bertz CT molecular complexity index is 1320. The highest BCUT2D eigenvalue weighted by molar-refractivity contribution is 5.88. The number of ether oxygens (including phenoxy) is 1. The first-order chi connectivity index (χ1) is 13.7. The Kier molecular flexibility index (Phi) is 3.75. The van der Waals surface area contributed by atoms with Gasteiger partial charge in [0.1, 0.15) is 28.1 Å². The van der Waals surface area contributed by atoms with E-state index < -0.39 is 5.43 Å². The summed E-state index contributed by atoms with van der Waals surface area (Å²) < 4.78 is 6.78. The number of nitrogens with zero attached hydrogens (tertiary/aromatic N) is 3. The Morgan fingerprint density at radius 3 is 2.61 bits per heavy atom. The first kappa shape index (κ1) is 16.7. The van der Waals surface area contributed by atoms with Crippen molar-refractivity contribution in [2.45, 2.75) is 25.2 Å². The lowest BCUT2D eigenvalue weighted by Crippen LogP contribution is -2.31. The summed E-state index contributed by atoms with van der Waals surface area (Å²) in [6.07, 6.45) is 4.61. The van der Waals surface area contributed by atoms with Gasteiger partial charge in [0.2, 0.25) is 5.43 Å². The third-order valence-electron chi connectivity index (χ3n) is 5.41. The Morgan fingerprint density at radius 1 is 1.14 bits per heavy atom. The third-order valence-corrected chi connectivity index (χ3v) is 5.41. The monoisotopic (exact) mass is 374 g/mol. The molecule has 1 aliphatic carbocycles. The van der Waals surface area contributed by atoms with E-state index in [1.165, 1.54) is 0 Å². The van der Waals surface area contributed by atoms with E-state index in [9.17, 15) is 9.59 Å². The topological polar surface area (TPSA) is 89.9 Å². The molecule has 7 heteroatoms. The van der Waals surface area contributed by atoms with Crippen LogP contribution < -0.4 is 15.7 Å². The summed E-state index contributed by atoms with van der Waals surface area (Å²) >= 11 is 0. The molecule has 5 rings (SSSR count). The molecule has 1 aliphatic rings. The van der Waals surface area contributed by atoms with Gasteiger partial charge in [0.05, 0.1) is 18.3 Å². The normalized spacial score (nSPS) is 14.3. The van der Waals surface area contributed by atoms with Gasteiger partial charge in [-0.15, -0.1) is 0 Å². The van der Waals surface area contributed by atoms with Gasteiger partial charge >= 0.3 is 0 Å². The van der Waals surface area contributed by atoms with Gasteiger partial charge in [-0.05, 0) is 49.2 Å². The quantitative estimate of drug-likeness (QED) is 0.557. The van der Waals surface area contributed by atoms with Crippen LogP contribution in [0, 0.1) is 0 Å². The largest absolute Gasteiger partial charge is 0.497 e. The second kappa shape index (κ2) is 6.30. The van der Waals surface area contributed by atoms with Crippen LogP contribution in [0.15, 0.2) is 52.2 Å². The molecule has 1 saturated carbocycles. The highest BCUT2D eigenvalue weighted by Crippen LogP contribution is 2.36. The number of fused-ring (bicyclic) bond motifs is 2. The van der Waals surface area contributed by atoms with Crippen molar-refractivity contribution in [3.05, 3.63) is 69.0 Å². The molecule has 28 heavy (non-hydrogen) atoms. The van der Waals surface area contributed by atoms with E-state index in [4.69, 9.17) is 9.72 Å². The molecule has 0 saturated heterocycles. The zero-order chi connectivity index (χ0) is 19.3. The summed E-state index contributed by atoms with van der Waals surface area (Å²) in [6.45, 7) is 0. The van der Waals surface area contributed by atoms with Gasteiger partial charge in [-0.1, -0.05) is 6.42 Å². The Balaban J connectivity index is 1.87. The fraction of sp³-hybridized carbons (Fsp3) is 0.238. The van der Waals surface area contributed by atoms with Crippen LogP contribution in [0.2, 0.25) is 0 Å². The van der Waals surface area contributed by atoms with Gasteiger partial charge in [-0.3, -0.25) is 19.1 Å². The summed E-state index contributed by atoms with van der Waals surface area (Å²) in [7, 11) is 1.59. The molecule has 1 aromatic carbocycles. The average molecular weight is 374 g/mol. The number of H-pyrrole nitrogens is 1. The van der Waals surface area contributed by atoms with Crippen LogP contribution in [-0.2, 0) is 0 Å². The molecular formula is C21H18N4O3. The van der Waals surface area contributed by atoms with Crippen LogP contribution in [0.5, 0.6) is 5.75 Å². The summed E-state index contributed by atoms with van der Waals surface area (Å²) in [5, 5.41) is 0.0325. The van der Waals surface area contributed by atoms with E-state index in [-0.39, 0.29) is 22.4 Å². The number of hydrogen-bond acceptors (Lipinski definition) is 5. The Morgan fingerprint density at radius 2 is 1.93 bits per heavy atom. The molecule has 7 nitrogen and oxygen atoms in total. The number of nitrogens with one attached hydrogen (secondary N) is 1. The van der Waals surface area contributed by atoms with Gasteiger partial charge in [-0.2, -0.15) is 0 Å². The van der Waals surface area contributed by atoms with Crippen molar-refractivity contribution in [3.8, 4) is 11.4 Å². The molecule has 1 N–H and O–H groups in total. The number of rotatable bonds is 3. The lowest BCUT2D eigenvalue weighted by molar-refractivity contribution is 0.394. The SMILES string of the molecule is COc1ccc(-n2c(C3CCC3)nc3[nH]c4cccnc4c(=O)c3c2=O)cc1. The number of aromatic nitrogens is 4. The van der Waals surface area contributed by atoms with Crippen LogP contribution >= 0.6 is 0 Å². The molecule has 3 heterocycles. The Labute approximate surface area is 159 Å². The second-order valence-corrected chi connectivity index (χ2v) is 7.01. The van der Waals surface area contributed by atoms with Crippen LogP contribution in [0.3, 0.4) is 0 Å². The minimum absolute atomic E-state index is 0.0325. The first-order valence-electron chi connectivity index (χ1n) is 9.25. The predicted octanol–water partition coefficient (Wildman–Crippen LogP) is 2.90.